The molecule has 1 amide bonds. The van der Waals surface area contributed by atoms with Crippen LogP contribution < -0.4 is 10.1 Å². The Labute approximate surface area is 181 Å². The molecule has 0 radical (unpaired) electrons. The Kier molecular flexibility index (Phi) is 5.73. The van der Waals surface area contributed by atoms with Crippen LogP contribution in [0.3, 0.4) is 0 Å². The third kappa shape index (κ3) is 4.29. The lowest BCUT2D eigenvalue weighted by atomic mass is 10.0. The number of carbonyl (C=O) groups excluding carboxylic acids is 1. The highest BCUT2D eigenvalue weighted by Gasteiger charge is 2.34. The summed E-state index contributed by atoms with van der Waals surface area (Å²) in [7, 11) is -2.36. The monoisotopic (exact) mass is 435 g/mol. The maximum Gasteiger partial charge on any atom is 0.280 e. The number of nitrogens with one attached hydrogen (secondary N) is 1. The minimum Gasteiger partial charge on any atom is -0.497 e. The van der Waals surface area contributed by atoms with Crippen LogP contribution in [0, 0.1) is 0 Å². The molecule has 8 heteroatoms. The molecule has 0 saturated heterocycles. The van der Waals surface area contributed by atoms with E-state index in [9.17, 15) is 13.2 Å². The Bertz CT molecular complexity index is 1220. The topological polar surface area (TPSA) is 88.1 Å². The minimum atomic E-state index is -3.94. The van der Waals surface area contributed by atoms with Gasteiger partial charge in [0.25, 0.3) is 10.0 Å². The molecule has 7 nitrogen and oxygen atoms in total. The number of hydrazone groups is 1. The molecular formula is C23H21N3O4S. The molecule has 0 unspecified atom stereocenters. The second kappa shape index (κ2) is 8.61. The number of nitrogens with zero attached hydrogens (tertiary/aromatic N) is 2. The van der Waals surface area contributed by atoms with Crippen molar-refractivity contribution in [2.75, 3.05) is 13.7 Å². The van der Waals surface area contributed by atoms with Crippen molar-refractivity contribution in [3.05, 3.63) is 95.6 Å². The Morgan fingerprint density at radius 2 is 1.65 bits per heavy atom. The molecule has 0 atom stereocenters. The zero-order valence-corrected chi connectivity index (χ0v) is 17.7. The molecule has 0 bridgehead atoms. The molecule has 158 valence electrons. The molecule has 31 heavy (non-hydrogen) atoms. The van der Waals surface area contributed by atoms with Crippen molar-refractivity contribution in [1.82, 2.24) is 9.73 Å². The van der Waals surface area contributed by atoms with Crippen molar-refractivity contribution >= 4 is 21.6 Å². The quantitative estimate of drug-likeness (QED) is 0.645. The first-order valence-corrected chi connectivity index (χ1v) is 11.1. The molecule has 4 rings (SSSR count). The molecule has 0 fully saturated rings. The van der Waals surface area contributed by atoms with Crippen LogP contribution in [-0.4, -0.2) is 38.1 Å². The van der Waals surface area contributed by atoms with Gasteiger partial charge in [-0.3, -0.25) is 4.79 Å². The van der Waals surface area contributed by atoms with E-state index in [4.69, 9.17) is 4.74 Å². The van der Waals surface area contributed by atoms with Gasteiger partial charge in [0, 0.05) is 17.7 Å². The fourth-order valence-electron chi connectivity index (χ4n) is 3.27. The number of rotatable bonds is 6. The average molecular weight is 436 g/mol. The maximum absolute atomic E-state index is 13.1. The van der Waals surface area contributed by atoms with Crippen LogP contribution in [0.4, 0.5) is 0 Å². The zero-order valence-electron chi connectivity index (χ0n) is 16.9. The largest absolute Gasteiger partial charge is 0.497 e. The lowest BCUT2D eigenvalue weighted by Gasteiger charge is -2.26. The Morgan fingerprint density at radius 3 is 2.35 bits per heavy atom. The van der Waals surface area contributed by atoms with Gasteiger partial charge in [-0.1, -0.05) is 60.7 Å². The molecule has 0 spiro atoms. The number of fused-ring (bicyclic) bond motifs is 1. The van der Waals surface area contributed by atoms with Crippen molar-refractivity contribution in [2.45, 2.75) is 11.4 Å². The summed E-state index contributed by atoms with van der Waals surface area (Å²) in [5, 5.41) is 7.09. The van der Waals surface area contributed by atoms with E-state index in [1.54, 1.807) is 37.4 Å². The summed E-state index contributed by atoms with van der Waals surface area (Å²) >= 11 is 0. The van der Waals surface area contributed by atoms with E-state index in [1.807, 2.05) is 42.5 Å². The van der Waals surface area contributed by atoms with Crippen molar-refractivity contribution in [3.63, 3.8) is 0 Å². The number of amides is 1. The van der Waals surface area contributed by atoms with E-state index in [2.05, 4.69) is 10.4 Å². The van der Waals surface area contributed by atoms with E-state index >= 15 is 0 Å². The third-order valence-electron chi connectivity index (χ3n) is 4.88. The lowest BCUT2D eigenvalue weighted by molar-refractivity contribution is -0.121. The minimum absolute atomic E-state index is 0.131. The number of sulfonamides is 1. The smallest absolute Gasteiger partial charge is 0.280 e. The predicted molar refractivity (Wildman–Crippen MR) is 117 cm³/mol. The third-order valence-corrected chi connectivity index (χ3v) is 6.56. The van der Waals surface area contributed by atoms with Crippen LogP contribution in [-0.2, 0) is 21.4 Å². The summed E-state index contributed by atoms with van der Waals surface area (Å²) in [5.74, 6) is 0.269. The van der Waals surface area contributed by atoms with Gasteiger partial charge >= 0.3 is 0 Å². The van der Waals surface area contributed by atoms with Crippen molar-refractivity contribution in [3.8, 4) is 5.75 Å². The van der Waals surface area contributed by atoms with Crippen LogP contribution in [0.15, 0.2) is 88.9 Å². The van der Waals surface area contributed by atoms with Crippen molar-refractivity contribution in [2.24, 2.45) is 5.10 Å². The highest BCUT2D eigenvalue weighted by molar-refractivity contribution is 7.89. The van der Waals surface area contributed by atoms with Crippen molar-refractivity contribution < 1.29 is 17.9 Å². The van der Waals surface area contributed by atoms with Gasteiger partial charge in [-0.05, 0) is 23.8 Å². The number of methoxy groups -OCH3 is 1. The second-order valence-electron chi connectivity index (χ2n) is 6.92. The number of hydrogen-bond donors (Lipinski definition) is 1. The van der Waals surface area contributed by atoms with Gasteiger partial charge in [-0.25, -0.2) is 0 Å². The van der Waals surface area contributed by atoms with Crippen LogP contribution in [0.5, 0.6) is 5.75 Å². The first kappa shape index (κ1) is 20.6. The lowest BCUT2D eigenvalue weighted by Crippen LogP contribution is -2.40. The van der Waals surface area contributed by atoms with Crippen molar-refractivity contribution in [1.29, 1.82) is 0 Å². The van der Waals surface area contributed by atoms with Gasteiger partial charge in [-0.2, -0.15) is 17.9 Å². The van der Waals surface area contributed by atoms with E-state index in [0.29, 0.717) is 11.3 Å². The van der Waals surface area contributed by atoms with Gasteiger partial charge in [0.1, 0.15) is 18.0 Å². The van der Waals surface area contributed by atoms with Gasteiger partial charge in [0.15, 0.2) is 0 Å². The summed E-state index contributed by atoms with van der Waals surface area (Å²) in [6, 6.07) is 23.2. The Morgan fingerprint density at radius 1 is 0.968 bits per heavy atom. The summed E-state index contributed by atoms with van der Waals surface area (Å²) in [6.07, 6.45) is 0. The normalized spacial score (nSPS) is 14.4. The van der Waals surface area contributed by atoms with E-state index in [1.165, 1.54) is 6.07 Å². The highest BCUT2D eigenvalue weighted by atomic mass is 32.2. The van der Waals surface area contributed by atoms with Crippen LogP contribution in [0.2, 0.25) is 0 Å². The SMILES string of the molecule is COc1ccc(CNC(=O)CN2N=C(c3ccccc3)c3ccccc3S2(=O)=O)cc1. The molecule has 3 aromatic carbocycles. The summed E-state index contributed by atoms with van der Waals surface area (Å²) in [4.78, 5) is 12.7. The standard InChI is InChI=1S/C23H21N3O4S/c1-30-19-13-11-17(12-14-19)15-24-22(27)16-26-25-23(18-7-3-2-4-8-18)20-9-5-6-10-21(20)31(26,28)29/h2-14H,15-16H2,1H3,(H,24,27). The van der Waals surface area contributed by atoms with Gasteiger partial charge < -0.3 is 10.1 Å². The predicted octanol–water partition coefficient (Wildman–Crippen LogP) is 2.77. The molecule has 1 N–H and O–H groups in total. The molecule has 0 aliphatic carbocycles. The maximum atomic E-state index is 13.1. The van der Waals surface area contributed by atoms with Crippen LogP contribution in [0.25, 0.3) is 0 Å². The molecular weight excluding hydrogens is 414 g/mol. The second-order valence-corrected chi connectivity index (χ2v) is 8.73. The fraction of sp³-hybridized carbons (Fsp3) is 0.130. The van der Waals surface area contributed by atoms with E-state index in [-0.39, 0.29) is 11.4 Å². The number of carbonyl (C=O) groups is 1. The molecule has 1 aliphatic rings. The Balaban J connectivity index is 1.57. The molecule has 1 heterocycles. The summed E-state index contributed by atoms with van der Waals surface area (Å²) in [6.45, 7) is -0.147. The summed E-state index contributed by atoms with van der Waals surface area (Å²) < 4.78 is 32.2. The molecule has 0 aromatic heterocycles. The van der Waals surface area contributed by atoms with Crippen LogP contribution >= 0.6 is 0 Å². The zero-order chi connectivity index (χ0) is 21.8. The van der Waals surface area contributed by atoms with Gasteiger partial charge in [-0.15, -0.1) is 0 Å². The fourth-order valence-corrected chi connectivity index (χ4v) is 4.67. The molecule has 0 saturated carbocycles. The van der Waals surface area contributed by atoms with E-state index in [0.717, 1.165) is 21.3 Å². The average Bonchev–Trinajstić information content (AvgIpc) is 2.80. The first-order valence-electron chi connectivity index (χ1n) is 9.65. The Hall–Kier alpha value is -3.65. The van der Waals surface area contributed by atoms with E-state index < -0.39 is 22.5 Å². The van der Waals surface area contributed by atoms with Crippen LogP contribution in [0.1, 0.15) is 16.7 Å². The van der Waals surface area contributed by atoms with Gasteiger partial charge in [0.05, 0.1) is 12.0 Å². The summed E-state index contributed by atoms with van der Waals surface area (Å²) in [5.41, 5.74) is 2.67. The molecule has 1 aliphatic heterocycles. The first-order chi connectivity index (χ1) is 15.0. The van der Waals surface area contributed by atoms with Gasteiger partial charge in [0.2, 0.25) is 5.91 Å². The number of hydrogen-bond acceptors (Lipinski definition) is 5. The number of ether oxygens (including phenoxy) is 1. The molecule has 3 aromatic rings. The number of benzene rings is 3. The highest BCUT2D eigenvalue weighted by Crippen LogP contribution is 2.28.